The molecular weight excluding hydrogens is 270 g/mol. The van der Waals surface area contributed by atoms with Gasteiger partial charge in [-0.15, -0.1) is 0 Å². The van der Waals surface area contributed by atoms with E-state index in [4.69, 9.17) is 9.52 Å². The van der Waals surface area contributed by atoms with Gasteiger partial charge in [-0.3, -0.25) is 4.79 Å². The van der Waals surface area contributed by atoms with Crippen molar-refractivity contribution in [2.75, 3.05) is 11.4 Å². The number of rotatable bonds is 3. The fraction of sp³-hybridized carbons (Fsp3) is 0.250. The topological polar surface area (TPSA) is 70.8 Å². The molecule has 1 aliphatic rings. The Balaban J connectivity index is 1.89. The van der Waals surface area contributed by atoms with Gasteiger partial charge in [0.05, 0.1) is 12.1 Å². The molecule has 0 bridgehead atoms. The predicted molar refractivity (Wildman–Crippen MR) is 76.7 cm³/mol. The highest BCUT2D eigenvalue weighted by atomic mass is 16.4. The fourth-order valence-corrected chi connectivity index (χ4v) is 2.60. The van der Waals surface area contributed by atoms with Crippen LogP contribution in [0.5, 0.6) is 0 Å². The molecule has 21 heavy (non-hydrogen) atoms. The molecule has 0 radical (unpaired) electrons. The van der Waals surface area contributed by atoms with Gasteiger partial charge in [0.15, 0.2) is 5.78 Å². The van der Waals surface area contributed by atoms with Gasteiger partial charge in [0, 0.05) is 24.2 Å². The summed E-state index contributed by atoms with van der Waals surface area (Å²) in [5.74, 6) is -0.272. The van der Waals surface area contributed by atoms with Crippen LogP contribution in [0.2, 0.25) is 0 Å². The minimum atomic E-state index is -1.00. The molecule has 1 aromatic carbocycles. The number of nitrogens with zero attached hydrogens (tertiary/aromatic N) is 1. The van der Waals surface area contributed by atoms with Gasteiger partial charge < -0.3 is 14.4 Å². The van der Waals surface area contributed by atoms with Crippen LogP contribution in [0.15, 0.2) is 41.0 Å². The van der Waals surface area contributed by atoms with Gasteiger partial charge in [0.2, 0.25) is 0 Å². The van der Waals surface area contributed by atoms with Crippen LogP contribution in [0, 0.1) is 0 Å². The number of carbonyl (C=O) groups is 2. The Morgan fingerprint density at radius 1 is 1.33 bits per heavy atom. The summed E-state index contributed by atoms with van der Waals surface area (Å²) in [6.07, 6.45) is 2.55. The summed E-state index contributed by atoms with van der Waals surface area (Å²) in [6, 6.07) is 9.03. The number of carbonyl (C=O) groups excluding carboxylic acids is 1. The highest BCUT2D eigenvalue weighted by molar-refractivity contribution is 6.01. The number of hydrogen-bond acceptors (Lipinski definition) is 4. The van der Waals surface area contributed by atoms with Crippen LogP contribution in [-0.4, -0.2) is 23.4 Å². The third-order valence-electron chi connectivity index (χ3n) is 3.62. The van der Waals surface area contributed by atoms with E-state index in [-0.39, 0.29) is 11.3 Å². The molecule has 5 heteroatoms. The molecular formula is C16H15NO4. The lowest BCUT2D eigenvalue weighted by Gasteiger charge is -2.23. The van der Waals surface area contributed by atoms with Gasteiger partial charge in [-0.05, 0) is 24.6 Å². The van der Waals surface area contributed by atoms with E-state index in [9.17, 15) is 9.59 Å². The van der Waals surface area contributed by atoms with Crippen molar-refractivity contribution in [2.45, 2.75) is 19.4 Å². The Hall–Kier alpha value is -2.56. The molecule has 2 heterocycles. The van der Waals surface area contributed by atoms with Crippen LogP contribution in [0.4, 0.5) is 5.69 Å². The largest absolute Gasteiger partial charge is 0.478 e. The predicted octanol–water partition coefficient (Wildman–Crippen LogP) is 2.96. The second-order valence-electron chi connectivity index (χ2n) is 5.07. The first kappa shape index (κ1) is 13.4. The summed E-state index contributed by atoms with van der Waals surface area (Å²) < 4.78 is 5.30. The second kappa shape index (κ2) is 5.44. The molecule has 0 unspecified atom stereocenters. The summed E-state index contributed by atoms with van der Waals surface area (Å²) in [5.41, 5.74) is 1.75. The van der Waals surface area contributed by atoms with Gasteiger partial charge in [-0.2, -0.15) is 0 Å². The van der Waals surface area contributed by atoms with E-state index in [1.165, 1.54) is 12.3 Å². The number of ketones is 1. The molecule has 0 atom stereocenters. The molecule has 3 rings (SSSR count). The fourth-order valence-electron chi connectivity index (χ4n) is 2.60. The maximum Gasteiger partial charge on any atom is 0.338 e. The summed E-state index contributed by atoms with van der Waals surface area (Å²) in [7, 11) is 0. The van der Waals surface area contributed by atoms with Gasteiger partial charge in [0.25, 0.3) is 0 Å². The molecule has 0 aliphatic carbocycles. The number of Topliss-reactive ketones (excluding diaryl/α,β-unsaturated/α-hetero) is 1. The number of para-hydroxylation sites is 1. The van der Waals surface area contributed by atoms with E-state index in [1.807, 2.05) is 24.3 Å². The number of hydrogen-bond donors (Lipinski definition) is 1. The molecule has 2 aromatic rings. The lowest BCUT2D eigenvalue weighted by molar-refractivity contribution is 0.0696. The van der Waals surface area contributed by atoms with Crippen molar-refractivity contribution < 1.29 is 19.1 Å². The Bertz CT molecular complexity index is 689. The van der Waals surface area contributed by atoms with Crippen molar-refractivity contribution in [3.8, 4) is 0 Å². The third-order valence-corrected chi connectivity index (χ3v) is 3.62. The number of furan rings is 1. The van der Waals surface area contributed by atoms with Crippen molar-refractivity contribution in [3.63, 3.8) is 0 Å². The molecule has 0 saturated heterocycles. The molecule has 1 N–H and O–H groups in total. The monoisotopic (exact) mass is 285 g/mol. The van der Waals surface area contributed by atoms with Crippen LogP contribution < -0.4 is 4.90 Å². The Labute approximate surface area is 121 Å². The highest BCUT2D eigenvalue weighted by Gasteiger charge is 2.21. The number of carboxylic acid groups (broad SMARTS) is 1. The Kier molecular flexibility index (Phi) is 3.48. The molecule has 0 spiro atoms. The van der Waals surface area contributed by atoms with Crippen molar-refractivity contribution in [2.24, 2.45) is 0 Å². The maximum absolute atomic E-state index is 12.1. The van der Waals surface area contributed by atoms with Crippen LogP contribution in [-0.2, 0) is 6.54 Å². The van der Waals surface area contributed by atoms with Gasteiger partial charge in [-0.25, -0.2) is 4.79 Å². The SMILES string of the molecule is O=C(O)c1coc(CN2CCCC(=O)c3ccccc32)c1. The number of fused-ring (bicyclic) bond motifs is 1. The smallest absolute Gasteiger partial charge is 0.338 e. The standard InChI is InChI=1S/C16H15NO4/c18-15-6-3-7-17(14-5-2-1-4-13(14)15)9-12-8-11(10-21-12)16(19)20/h1-2,4-5,8,10H,3,6-7,9H2,(H,19,20). The Morgan fingerprint density at radius 3 is 2.90 bits per heavy atom. The summed E-state index contributed by atoms with van der Waals surface area (Å²) in [4.78, 5) is 25.0. The van der Waals surface area contributed by atoms with E-state index in [0.29, 0.717) is 18.7 Å². The molecule has 0 amide bonds. The first-order chi connectivity index (χ1) is 10.1. The first-order valence-corrected chi connectivity index (χ1v) is 6.83. The number of carboxylic acids is 1. The van der Waals surface area contributed by atoms with Gasteiger partial charge >= 0.3 is 5.97 Å². The van der Waals surface area contributed by atoms with Crippen molar-refractivity contribution in [3.05, 3.63) is 53.5 Å². The van der Waals surface area contributed by atoms with Crippen molar-refractivity contribution in [1.29, 1.82) is 0 Å². The summed E-state index contributed by atoms with van der Waals surface area (Å²) in [6.45, 7) is 1.20. The van der Waals surface area contributed by atoms with E-state index >= 15 is 0 Å². The summed E-state index contributed by atoms with van der Waals surface area (Å²) >= 11 is 0. The van der Waals surface area contributed by atoms with Crippen molar-refractivity contribution >= 4 is 17.4 Å². The van der Waals surface area contributed by atoms with E-state index in [2.05, 4.69) is 4.90 Å². The van der Waals surface area contributed by atoms with Gasteiger partial charge in [-0.1, -0.05) is 12.1 Å². The van der Waals surface area contributed by atoms with Crippen LogP contribution in [0.1, 0.15) is 39.3 Å². The molecule has 1 aromatic heterocycles. The molecule has 5 nitrogen and oxygen atoms in total. The van der Waals surface area contributed by atoms with Crippen molar-refractivity contribution in [1.82, 2.24) is 0 Å². The molecule has 0 fully saturated rings. The zero-order chi connectivity index (χ0) is 14.8. The summed E-state index contributed by atoms with van der Waals surface area (Å²) in [5, 5.41) is 8.92. The first-order valence-electron chi connectivity index (χ1n) is 6.83. The average molecular weight is 285 g/mol. The lowest BCUT2D eigenvalue weighted by atomic mass is 10.1. The maximum atomic E-state index is 12.1. The number of anilines is 1. The molecule has 108 valence electrons. The van der Waals surface area contributed by atoms with Crippen LogP contribution in [0.3, 0.4) is 0 Å². The molecule has 1 aliphatic heterocycles. The normalized spacial score (nSPS) is 14.7. The highest BCUT2D eigenvalue weighted by Crippen LogP contribution is 2.27. The number of benzene rings is 1. The third kappa shape index (κ3) is 2.67. The quantitative estimate of drug-likeness (QED) is 0.938. The van der Waals surface area contributed by atoms with Crippen LogP contribution >= 0.6 is 0 Å². The number of aromatic carboxylic acids is 1. The minimum Gasteiger partial charge on any atom is -0.478 e. The zero-order valence-corrected chi connectivity index (χ0v) is 11.4. The zero-order valence-electron chi connectivity index (χ0n) is 11.4. The average Bonchev–Trinajstić information content (AvgIpc) is 2.89. The van der Waals surface area contributed by atoms with E-state index < -0.39 is 5.97 Å². The van der Waals surface area contributed by atoms with Crippen LogP contribution in [0.25, 0.3) is 0 Å². The molecule has 0 saturated carbocycles. The minimum absolute atomic E-state index is 0.143. The van der Waals surface area contributed by atoms with E-state index in [1.54, 1.807) is 0 Å². The lowest BCUT2D eigenvalue weighted by Crippen LogP contribution is -2.23. The Morgan fingerprint density at radius 2 is 2.14 bits per heavy atom. The van der Waals surface area contributed by atoms with Gasteiger partial charge in [0.1, 0.15) is 12.0 Å². The second-order valence-corrected chi connectivity index (χ2v) is 5.07. The van der Waals surface area contributed by atoms with E-state index in [0.717, 1.165) is 24.2 Å².